The lowest BCUT2D eigenvalue weighted by atomic mass is 9.91. The zero-order chi connectivity index (χ0) is 14.3. The van der Waals surface area contributed by atoms with Gasteiger partial charge in [-0.3, -0.25) is 0 Å². The van der Waals surface area contributed by atoms with Crippen LogP contribution in [-0.2, 0) is 11.0 Å². The second-order valence-corrected chi connectivity index (χ2v) is 7.37. The summed E-state index contributed by atoms with van der Waals surface area (Å²) in [6.45, 7) is 10.1. The van der Waals surface area contributed by atoms with E-state index in [2.05, 4.69) is 37.9 Å². The first-order valence-corrected chi connectivity index (χ1v) is 7.31. The van der Waals surface area contributed by atoms with Crippen molar-refractivity contribution in [3.05, 3.63) is 40.2 Å². The summed E-state index contributed by atoms with van der Waals surface area (Å²) in [5.74, 6) is 0. The molecule has 0 bridgehead atoms. The number of rotatable bonds is 2. The predicted molar refractivity (Wildman–Crippen MR) is 81.5 cm³/mol. The first kappa shape index (κ1) is 14.2. The Morgan fingerprint density at radius 1 is 1.00 bits per heavy atom. The van der Waals surface area contributed by atoms with Gasteiger partial charge in [-0.05, 0) is 19.3 Å². The number of benzene rings is 1. The Morgan fingerprint density at radius 2 is 1.58 bits per heavy atom. The maximum Gasteiger partial charge on any atom is 0.125 e. The summed E-state index contributed by atoms with van der Waals surface area (Å²) in [5, 5.41) is 11.0. The van der Waals surface area contributed by atoms with E-state index in [4.69, 9.17) is 0 Å². The van der Waals surface area contributed by atoms with Crippen LogP contribution in [0.1, 0.15) is 44.5 Å². The Balaban J connectivity index is 2.63. The molecule has 0 amide bonds. The highest BCUT2D eigenvalue weighted by molar-refractivity contribution is 7.12. The summed E-state index contributed by atoms with van der Waals surface area (Å²) in [6.07, 6.45) is 0. The molecule has 0 aliphatic carbocycles. The molecular formula is C16H21NOS. The summed E-state index contributed by atoms with van der Waals surface area (Å²) >= 11 is 1.61. The Kier molecular flexibility index (Phi) is 3.54. The highest BCUT2D eigenvalue weighted by Crippen LogP contribution is 2.40. The summed E-state index contributed by atoms with van der Waals surface area (Å²) < 4.78 is 0. The van der Waals surface area contributed by atoms with Crippen LogP contribution in [-0.4, -0.2) is 10.1 Å². The third kappa shape index (κ3) is 3.04. The van der Waals surface area contributed by atoms with Gasteiger partial charge in [0.2, 0.25) is 0 Å². The molecule has 102 valence electrons. The van der Waals surface area contributed by atoms with Gasteiger partial charge >= 0.3 is 0 Å². The molecule has 0 radical (unpaired) electrons. The number of hydrogen-bond acceptors (Lipinski definition) is 3. The van der Waals surface area contributed by atoms with Crippen molar-refractivity contribution in [2.45, 2.75) is 45.6 Å². The number of aromatic nitrogens is 1. The van der Waals surface area contributed by atoms with E-state index in [1.165, 1.54) is 4.88 Å². The largest absolute Gasteiger partial charge is 0.383 e. The van der Waals surface area contributed by atoms with Crippen LogP contribution in [0.15, 0.2) is 30.3 Å². The molecule has 19 heavy (non-hydrogen) atoms. The third-order valence-electron chi connectivity index (χ3n) is 2.88. The van der Waals surface area contributed by atoms with Crippen LogP contribution in [0.3, 0.4) is 0 Å². The molecule has 1 aromatic heterocycles. The van der Waals surface area contributed by atoms with E-state index < -0.39 is 5.60 Å². The molecule has 1 aromatic carbocycles. The molecule has 0 saturated carbocycles. The highest BCUT2D eigenvalue weighted by Gasteiger charge is 2.28. The number of thiazole rings is 1. The molecule has 3 heteroatoms. The molecule has 0 spiro atoms. The molecular weight excluding hydrogens is 254 g/mol. The maximum absolute atomic E-state index is 10.2. The monoisotopic (exact) mass is 275 g/mol. The lowest BCUT2D eigenvalue weighted by molar-refractivity contribution is 0.0783. The van der Waals surface area contributed by atoms with Crippen molar-refractivity contribution >= 4 is 11.3 Å². The molecule has 2 aromatic rings. The molecule has 0 aliphatic heterocycles. The van der Waals surface area contributed by atoms with Crippen LogP contribution in [0, 0.1) is 0 Å². The second kappa shape index (κ2) is 4.73. The van der Waals surface area contributed by atoms with Gasteiger partial charge in [-0.2, -0.15) is 0 Å². The van der Waals surface area contributed by atoms with Crippen molar-refractivity contribution in [2.75, 3.05) is 0 Å². The fourth-order valence-corrected chi connectivity index (χ4v) is 3.03. The van der Waals surface area contributed by atoms with Gasteiger partial charge in [0.25, 0.3) is 0 Å². The van der Waals surface area contributed by atoms with Crippen molar-refractivity contribution in [2.24, 2.45) is 0 Å². The van der Waals surface area contributed by atoms with Crippen molar-refractivity contribution < 1.29 is 5.11 Å². The number of aliphatic hydroxyl groups is 1. The molecule has 0 unspecified atom stereocenters. The average Bonchev–Trinajstić information content (AvgIpc) is 2.74. The second-order valence-electron chi connectivity index (χ2n) is 6.37. The van der Waals surface area contributed by atoms with Crippen molar-refractivity contribution in [3.8, 4) is 11.3 Å². The first-order chi connectivity index (χ1) is 8.69. The van der Waals surface area contributed by atoms with Crippen molar-refractivity contribution in [3.63, 3.8) is 0 Å². The smallest absolute Gasteiger partial charge is 0.125 e. The van der Waals surface area contributed by atoms with Gasteiger partial charge in [-0.1, -0.05) is 51.1 Å². The molecule has 0 saturated heterocycles. The zero-order valence-corrected chi connectivity index (χ0v) is 13.0. The normalized spacial score (nSPS) is 12.7. The molecule has 0 fully saturated rings. The van der Waals surface area contributed by atoms with Crippen LogP contribution in [0.25, 0.3) is 11.3 Å². The molecule has 0 aliphatic rings. The highest BCUT2D eigenvalue weighted by atomic mass is 32.1. The van der Waals surface area contributed by atoms with Crippen LogP contribution in [0.2, 0.25) is 0 Å². The van der Waals surface area contributed by atoms with E-state index >= 15 is 0 Å². The SMILES string of the molecule is CC(C)(C)c1sc(C(C)(C)O)nc1-c1ccccc1. The lowest BCUT2D eigenvalue weighted by Crippen LogP contribution is -2.14. The summed E-state index contributed by atoms with van der Waals surface area (Å²) in [6, 6.07) is 10.2. The van der Waals surface area contributed by atoms with Crippen LogP contribution in [0.5, 0.6) is 0 Å². The van der Waals surface area contributed by atoms with Gasteiger partial charge in [-0.25, -0.2) is 4.98 Å². The minimum Gasteiger partial charge on any atom is -0.383 e. The molecule has 1 N–H and O–H groups in total. The van der Waals surface area contributed by atoms with Gasteiger partial charge in [0.15, 0.2) is 0 Å². The fourth-order valence-electron chi connectivity index (χ4n) is 1.88. The summed E-state index contributed by atoms with van der Waals surface area (Å²) in [5.41, 5.74) is 1.23. The Bertz CT molecular complexity index is 559. The third-order valence-corrected chi connectivity index (χ3v) is 4.67. The molecule has 2 rings (SSSR count). The lowest BCUT2D eigenvalue weighted by Gasteiger charge is -2.18. The first-order valence-electron chi connectivity index (χ1n) is 6.49. The fraction of sp³-hybridized carbons (Fsp3) is 0.438. The Hall–Kier alpha value is -1.19. The van der Waals surface area contributed by atoms with Gasteiger partial charge in [0.05, 0.1) is 5.69 Å². The number of hydrogen-bond donors (Lipinski definition) is 1. The topological polar surface area (TPSA) is 33.1 Å². The summed E-state index contributed by atoms with van der Waals surface area (Å²) in [4.78, 5) is 5.91. The molecule has 2 nitrogen and oxygen atoms in total. The Morgan fingerprint density at radius 3 is 2.05 bits per heavy atom. The molecule has 0 atom stereocenters. The summed E-state index contributed by atoms with van der Waals surface area (Å²) in [7, 11) is 0. The zero-order valence-electron chi connectivity index (χ0n) is 12.2. The van der Waals surface area contributed by atoms with Gasteiger partial charge in [0.1, 0.15) is 10.6 Å². The van der Waals surface area contributed by atoms with E-state index in [0.29, 0.717) is 0 Å². The molecule has 1 heterocycles. The predicted octanol–water partition coefficient (Wildman–Crippen LogP) is 4.34. The van der Waals surface area contributed by atoms with Crippen LogP contribution >= 0.6 is 11.3 Å². The van der Waals surface area contributed by atoms with E-state index in [1.54, 1.807) is 25.2 Å². The van der Waals surface area contributed by atoms with Crippen LogP contribution in [0.4, 0.5) is 0 Å². The van der Waals surface area contributed by atoms with Gasteiger partial charge < -0.3 is 5.11 Å². The van der Waals surface area contributed by atoms with Gasteiger partial charge in [-0.15, -0.1) is 11.3 Å². The van der Waals surface area contributed by atoms with Crippen LogP contribution < -0.4 is 0 Å². The van der Waals surface area contributed by atoms with Gasteiger partial charge in [0, 0.05) is 10.4 Å². The minimum atomic E-state index is -0.891. The maximum atomic E-state index is 10.2. The minimum absolute atomic E-state index is 0.0202. The van der Waals surface area contributed by atoms with E-state index in [1.807, 2.05) is 18.2 Å². The average molecular weight is 275 g/mol. The van der Waals surface area contributed by atoms with Crippen molar-refractivity contribution in [1.29, 1.82) is 0 Å². The standard InChI is InChI=1S/C16H21NOS/c1-15(2,3)13-12(11-9-7-6-8-10-11)17-14(19-13)16(4,5)18/h6-10,18H,1-5H3. The quantitative estimate of drug-likeness (QED) is 0.884. The Labute approximate surface area is 119 Å². The van der Waals surface area contributed by atoms with E-state index in [0.717, 1.165) is 16.3 Å². The van der Waals surface area contributed by atoms with Crippen molar-refractivity contribution in [1.82, 2.24) is 4.98 Å². The van der Waals surface area contributed by atoms with E-state index in [-0.39, 0.29) is 5.41 Å². The van der Waals surface area contributed by atoms with E-state index in [9.17, 15) is 5.11 Å². The number of nitrogens with zero attached hydrogens (tertiary/aromatic N) is 1.